The second kappa shape index (κ2) is 2.87. The Morgan fingerprint density at radius 2 is 2.29 bits per heavy atom. The minimum Gasteiger partial charge on any atom is -0.469 e. The Kier molecular flexibility index (Phi) is 1.90. The zero-order valence-electron chi connectivity index (χ0n) is 8.02. The fourth-order valence-electron chi connectivity index (χ4n) is 2.35. The first-order chi connectivity index (χ1) is 6.60. The van der Waals surface area contributed by atoms with E-state index in [9.17, 15) is 9.59 Å². The molecule has 0 spiro atoms. The van der Waals surface area contributed by atoms with Gasteiger partial charge in [-0.3, -0.25) is 4.79 Å². The highest BCUT2D eigenvalue weighted by Gasteiger charge is 2.63. The van der Waals surface area contributed by atoms with E-state index >= 15 is 0 Å². The molecule has 0 radical (unpaired) electrons. The molecule has 78 valence electrons. The summed E-state index contributed by atoms with van der Waals surface area (Å²) in [5, 5.41) is 8.76. The van der Waals surface area contributed by atoms with Crippen LogP contribution in [0.4, 0.5) is 4.79 Å². The van der Waals surface area contributed by atoms with Gasteiger partial charge in [-0.2, -0.15) is 0 Å². The predicted molar refractivity (Wildman–Crippen MR) is 46.8 cm³/mol. The van der Waals surface area contributed by atoms with Crippen LogP contribution >= 0.6 is 0 Å². The van der Waals surface area contributed by atoms with Gasteiger partial charge in [-0.1, -0.05) is 0 Å². The number of rotatable bonds is 1. The van der Waals surface area contributed by atoms with E-state index in [2.05, 4.69) is 0 Å². The molecule has 0 aromatic carbocycles. The lowest BCUT2D eigenvalue weighted by molar-refractivity contribution is -0.149. The maximum Gasteiger partial charge on any atom is 0.407 e. The third-order valence-electron chi connectivity index (χ3n) is 3.36. The highest BCUT2D eigenvalue weighted by Crippen LogP contribution is 2.58. The van der Waals surface area contributed by atoms with Crippen molar-refractivity contribution in [3.05, 3.63) is 0 Å². The van der Waals surface area contributed by atoms with Crippen molar-refractivity contribution in [2.45, 2.75) is 12.8 Å². The normalized spacial score (nSPS) is 34.6. The highest BCUT2D eigenvalue weighted by molar-refractivity contribution is 5.81. The third kappa shape index (κ3) is 1.15. The Bertz CT molecular complexity index is 291. The van der Waals surface area contributed by atoms with Gasteiger partial charge in [-0.25, -0.2) is 4.79 Å². The van der Waals surface area contributed by atoms with Crippen molar-refractivity contribution in [3.8, 4) is 0 Å². The summed E-state index contributed by atoms with van der Waals surface area (Å²) in [5.41, 5.74) is -0.347. The van der Waals surface area contributed by atoms with E-state index in [-0.39, 0.29) is 17.3 Å². The van der Waals surface area contributed by atoms with Crippen LogP contribution in [0, 0.1) is 11.3 Å². The molecule has 1 aliphatic carbocycles. The molecule has 1 saturated carbocycles. The standard InChI is InChI=1S/C9H13NO4/c1-14-7(11)9-2-3-10(8(12)13)5-6(9)4-9/h6H,2-5H2,1H3,(H,12,13). The number of likely N-dealkylation sites (tertiary alicyclic amines) is 1. The molecule has 0 bridgehead atoms. The molecule has 14 heavy (non-hydrogen) atoms. The molecule has 1 saturated heterocycles. The van der Waals surface area contributed by atoms with E-state index < -0.39 is 6.09 Å². The van der Waals surface area contributed by atoms with Crippen molar-refractivity contribution in [3.63, 3.8) is 0 Å². The molecule has 2 fully saturated rings. The summed E-state index contributed by atoms with van der Waals surface area (Å²) in [5.74, 6) is 0.00680. The molecule has 5 heteroatoms. The van der Waals surface area contributed by atoms with Crippen molar-refractivity contribution >= 4 is 12.1 Å². The van der Waals surface area contributed by atoms with Gasteiger partial charge in [0, 0.05) is 13.1 Å². The van der Waals surface area contributed by atoms with Crippen molar-refractivity contribution in [2.75, 3.05) is 20.2 Å². The van der Waals surface area contributed by atoms with Gasteiger partial charge < -0.3 is 14.7 Å². The van der Waals surface area contributed by atoms with Crippen molar-refractivity contribution in [2.24, 2.45) is 11.3 Å². The van der Waals surface area contributed by atoms with E-state index in [1.165, 1.54) is 12.0 Å². The Balaban J connectivity index is 2.01. The summed E-state index contributed by atoms with van der Waals surface area (Å²) in [4.78, 5) is 23.5. The van der Waals surface area contributed by atoms with Gasteiger partial charge in [0.1, 0.15) is 0 Å². The van der Waals surface area contributed by atoms with E-state index in [1.807, 2.05) is 0 Å². The molecule has 2 unspecified atom stereocenters. The largest absolute Gasteiger partial charge is 0.469 e. The summed E-state index contributed by atoms with van der Waals surface area (Å²) in [6.07, 6.45) is 0.496. The topological polar surface area (TPSA) is 66.8 Å². The van der Waals surface area contributed by atoms with Gasteiger partial charge in [0.15, 0.2) is 0 Å². The first-order valence-electron chi connectivity index (χ1n) is 4.66. The summed E-state index contributed by atoms with van der Waals surface area (Å²) in [7, 11) is 1.38. The molecular formula is C9H13NO4. The number of nitrogens with zero attached hydrogens (tertiary/aromatic N) is 1. The van der Waals surface area contributed by atoms with E-state index in [0.717, 1.165) is 6.42 Å². The fourth-order valence-corrected chi connectivity index (χ4v) is 2.35. The molecule has 5 nitrogen and oxygen atoms in total. The van der Waals surface area contributed by atoms with Crippen LogP contribution in [-0.2, 0) is 9.53 Å². The number of ether oxygens (including phenoxy) is 1. The third-order valence-corrected chi connectivity index (χ3v) is 3.36. The van der Waals surface area contributed by atoms with Gasteiger partial charge in [0.25, 0.3) is 0 Å². The summed E-state index contributed by atoms with van der Waals surface area (Å²) >= 11 is 0. The zero-order valence-corrected chi connectivity index (χ0v) is 8.02. The van der Waals surface area contributed by atoms with Crippen molar-refractivity contribution in [1.82, 2.24) is 4.90 Å². The van der Waals surface area contributed by atoms with Crippen molar-refractivity contribution in [1.29, 1.82) is 0 Å². The molecule has 0 aromatic rings. The average molecular weight is 199 g/mol. The number of piperidine rings is 1. The summed E-state index contributed by atoms with van der Waals surface area (Å²) in [6, 6.07) is 0. The molecule has 1 amide bonds. The van der Waals surface area contributed by atoms with E-state index in [0.29, 0.717) is 19.5 Å². The maximum atomic E-state index is 11.4. The lowest BCUT2D eigenvalue weighted by Gasteiger charge is -2.27. The molecule has 2 atom stereocenters. The second-order valence-electron chi connectivity index (χ2n) is 4.03. The summed E-state index contributed by atoms with van der Waals surface area (Å²) < 4.78 is 4.73. The Morgan fingerprint density at radius 3 is 2.79 bits per heavy atom. The second-order valence-corrected chi connectivity index (χ2v) is 4.03. The van der Waals surface area contributed by atoms with Crippen LogP contribution in [0.1, 0.15) is 12.8 Å². The molecule has 1 heterocycles. The number of fused-ring (bicyclic) bond motifs is 1. The molecular weight excluding hydrogens is 186 g/mol. The van der Waals surface area contributed by atoms with Gasteiger partial charge in [0.05, 0.1) is 12.5 Å². The zero-order chi connectivity index (χ0) is 10.3. The number of methoxy groups -OCH3 is 1. The lowest BCUT2D eigenvalue weighted by atomic mass is 9.95. The highest BCUT2D eigenvalue weighted by atomic mass is 16.5. The number of carbonyl (C=O) groups excluding carboxylic acids is 1. The maximum absolute atomic E-state index is 11.4. The summed E-state index contributed by atoms with van der Waals surface area (Å²) in [6.45, 7) is 0.922. The van der Waals surface area contributed by atoms with Gasteiger partial charge in [-0.05, 0) is 18.8 Å². The van der Waals surface area contributed by atoms with Crippen molar-refractivity contribution < 1.29 is 19.4 Å². The number of esters is 1. The van der Waals surface area contributed by atoms with Gasteiger partial charge in [-0.15, -0.1) is 0 Å². The smallest absolute Gasteiger partial charge is 0.407 e. The molecule has 1 N–H and O–H groups in total. The predicted octanol–water partition coefficient (Wildman–Crippen LogP) is 0.549. The van der Waals surface area contributed by atoms with Crippen LogP contribution in [0.2, 0.25) is 0 Å². The Hall–Kier alpha value is -1.26. The average Bonchev–Trinajstić information content (AvgIpc) is 2.90. The van der Waals surface area contributed by atoms with Crippen LogP contribution in [0.15, 0.2) is 0 Å². The van der Waals surface area contributed by atoms with Crippen LogP contribution in [0.3, 0.4) is 0 Å². The Morgan fingerprint density at radius 1 is 1.57 bits per heavy atom. The monoisotopic (exact) mass is 199 g/mol. The molecule has 2 aliphatic rings. The Labute approximate surface area is 81.6 Å². The first kappa shape index (κ1) is 9.30. The number of carbonyl (C=O) groups is 2. The van der Waals surface area contributed by atoms with Gasteiger partial charge in [0.2, 0.25) is 0 Å². The first-order valence-corrected chi connectivity index (χ1v) is 4.66. The van der Waals surface area contributed by atoms with E-state index in [1.54, 1.807) is 0 Å². The lowest BCUT2D eigenvalue weighted by Crippen LogP contribution is -2.40. The number of hydrogen-bond acceptors (Lipinski definition) is 3. The minimum atomic E-state index is -0.893. The number of carboxylic acid groups (broad SMARTS) is 1. The quantitative estimate of drug-likeness (QED) is 0.626. The minimum absolute atomic E-state index is 0.174. The van der Waals surface area contributed by atoms with Crippen LogP contribution in [0.5, 0.6) is 0 Å². The number of amides is 1. The molecule has 2 rings (SSSR count). The van der Waals surface area contributed by atoms with Crippen LogP contribution < -0.4 is 0 Å². The SMILES string of the molecule is COC(=O)C12CCN(C(=O)O)CC1C2. The number of hydrogen-bond donors (Lipinski definition) is 1. The fraction of sp³-hybridized carbons (Fsp3) is 0.778. The molecule has 1 aliphatic heterocycles. The van der Waals surface area contributed by atoms with E-state index in [4.69, 9.17) is 9.84 Å². The van der Waals surface area contributed by atoms with Crippen LogP contribution in [0.25, 0.3) is 0 Å². The van der Waals surface area contributed by atoms with Gasteiger partial charge >= 0.3 is 12.1 Å². The molecule has 0 aromatic heterocycles. The van der Waals surface area contributed by atoms with Crippen LogP contribution in [-0.4, -0.2) is 42.3 Å².